The number of pyridine rings is 1. The van der Waals surface area contributed by atoms with Crippen LogP contribution in [0.25, 0.3) is 5.70 Å². The fourth-order valence-electron chi connectivity index (χ4n) is 2.37. The molecule has 124 valence electrons. The van der Waals surface area contributed by atoms with E-state index in [0.717, 1.165) is 0 Å². The molecule has 0 radical (unpaired) electrons. The van der Waals surface area contributed by atoms with Gasteiger partial charge in [0.05, 0.1) is 23.5 Å². The normalized spacial score (nSPS) is 25.4. The number of hydroxylamine groups is 1. The van der Waals surface area contributed by atoms with E-state index in [2.05, 4.69) is 10.5 Å². The van der Waals surface area contributed by atoms with Crippen LogP contribution in [-0.4, -0.2) is 41.1 Å². The predicted octanol–water partition coefficient (Wildman–Crippen LogP) is 0.756. The number of aromatic nitrogens is 1. The van der Waals surface area contributed by atoms with E-state index < -0.39 is 30.2 Å². The van der Waals surface area contributed by atoms with Gasteiger partial charge >= 0.3 is 7.12 Å². The van der Waals surface area contributed by atoms with Crippen molar-refractivity contribution in [1.82, 2.24) is 10.5 Å². The van der Waals surface area contributed by atoms with E-state index in [1.165, 1.54) is 12.3 Å². The molecule has 3 heterocycles. The van der Waals surface area contributed by atoms with E-state index >= 15 is 0 Å². The fraction of sp³-hybridized carbons (Fsp3) is 0.533. The highest BCUT2D eigenvalue weighted by molar-refractivity contribution is 6.62. The summed E-state index contributed by atoms with van der Waals surface area (Å²) in [5.41, 5.74) is 2.61. The highest BCUT2D eigenvalue weighted by atomic mass is 19.1. The molecule has 1 fully saturated rings. The maximum atomic E-state index is 14.4. The van der Waals surface area contributed by atoms with Gasteiger partial charge in [0.15, 0.2) is 5.82 Å². The third-order valence-electron chi connectivity index (χ3n) is 4.50. The Hall–Kier alpha value is -1.48. The molecule has 1 atom stereocenters. The van der Waals surface area contributed by atoms with Gasteiger partial charge < -0.3 is 14.4 Å². The third-order valence-corrected chi connectivity index (χ3v) is 4.50. The van der Waals surface area contributed by atoms with Gasteiger partial charge in [0.1, 0.15) is 11.8 Å². The molecule has 2 aliphatic heterocycles. The first-order chi connectivity index (χ1) is 10.7. The van der Waals surface area contributed by atoms with Crippen LogP contribution >= 0.6 is 0 Å². The van der Waals surface area contributed by atoms with Gasteiger partial charge in [-0.05, 0) is 39.8 Å². The molecule has 0 bridgehead atoms. The minimum absolute atomic E-state index is 0.126. The number of nitrogens with one attached hydrogen (secondary N) is 1. The quantitative estimate of drug-likeness (QED) is 0.801. The summed E-state index contributed by atoms with van der Waals surface area (Å²) in [4.78, 5) is 9.20. The number of halogens is 1. The number of aliphatic hydroxyl groups is 1. The van der Waals surface area contributed by atoms with Crippen molar-refractivity contribution in [2.24, 2.45) is 0 Å². The van der Waals surface area contributed by atoms with Gasteiger partial charge in [-0.3, -0.25) is 15.3 Å². The van der Waals surface area contributed by atoms with Crippen LogP contribution in [0.1, 0.15) is 33.4 Å². The molecule has 0 saturated carbocycles. The largest absolute Gasteiger partial charge is 0.496 e. The lowest BCUT2D eigenvalue weighted by Crippen LogP contribution is -2.41. The van der Waals surface area contributed by atoms with Crippen LogP contribution in [0.15, 0.2) is 18.3 Å². The molecule has 23 heavy (non-hydrogen) atoms. The Bertz CT molecular complexity index is 634. The Morgan fingerprint density at radius 2 is 1.96 bits per heavy atom. The maximum Gasteiger partial charge on any atom is 0.496 e. The number of hydrogen-bond donors (Lipinski definition) is 2. The van der Waals surface area contributed by atoms with Crippen LogP contribution in [0.2, 0.25) is 0 Å². The second-order valence-electron chi connectivity index (χ2n) is 6.71. The van der Waals surface area contributed by atoms with Crippen molar-refractivity contribution in [3.8, 4) is 0 Å². The van der Waals surface area contributed by atoms with E-state index in [1.807, 2.05) is 27.7 Å². The molecule has 1 aromatic rings. The molecular weight excluding hydrogens is 302 g/mol. The molecular formula is C15H20BFN2O4. The van der Waals surface area contributed by atoms with Gasteiger partial charge in [0.2, 0.25) is 0 Å². The Kier molecular flexibility index (Phi) is 3.96. The summed E-state index contributed by atoms with van der Waals surface area (Å²) < 4.78 is 26.2. The highest BCUT2D eigenvalue weighted by Gasteiger charge is 2.52. The van der Waals surface area contributed by atoms with E-state index in [9.17, 15) is 4.39 Å². The van der Waals surface area contributed by atoms with Crippen LogP contribution in [0.3, 0.4) is 0 Å². The van der Waals surface area contributed by atoms with Crippen LogP contribution in [0, 0.1) is 5.82 Å². The van der Waals surface area contributed by atoms with Gasteiger partial charge in [-0.25, -0.2) is 4.39 Å². The minimum atomic E-state index is -0.664. The average Bonchev–Trinajstić information content (AvgIpc) is 3.01. The highest BCUT2D eigenvalue weighted by Crippen LogP contribution is 2.36. The van der Waals surface area contributed by atoms with Crippen LogP contribution in [0.4, 0.5) is 4.39 Å². The van der Waals surface area contributed by atoms with Gasteiger partial charge in [-0.15, -0.1) is 0 Å². The number of rotatable bonds is 3. The average molecular weight is 322 g/mol. The summed E-state index contributed by atoms with van der Waals surface area (Å²) in [6.07, 6.45) is 2.60. The third kappa shape index (κ3) is 2.87. The molecule has 8 heteroatoms. The summed E-state index contributed by atoms with van der Waals surface area (Å²) in [7, 11) is -0.664. The number of nitrogens with zero attached hydrogens (tertiary/aromatic N) is 1. The van der Waals surface area contributed by atoms with Crippen molar-refractivity contribution in [1.29, 1.82) is 0 Å². The van der Waals surface area contributed by atoms with Crippen LogP contribution < -0.4 is 10.9 Å². The molecule has 0 spiro atoms. The Labute approximate surface area is 134 Å². The monoisotopic (exact) mass is 322 g/mol. The number of aliphatic hydroxyl groups excluding tert-OH is 1. The summed E-state index contributed by atoms with van der Waals surface area (Å²) in [5, 5.41) is 9.03. The van der Waals surface area contributed by atoms with Crippen molar-refractivity contribution >= 4 is 18.3 Å². The molecule has 0 aromatic carbocycles. The zero-order valence-electron chi connectivity index (χ0n) is 13.6. The summed E-state index contributed by atoms with van der Waals surface area (Å²) in [6, 6.07) is 1.35. The zero-order chi connectivity index (χ0) is 16.8. The van der Waals surface area contributed by atoms with E-state index in [1.54, 1.807) is 6.08 Å². The molecule has 2 N–H and O–H groups in total. The Balaban J connectivity index is 1.84. The van der Waals surface area contributed by atoms with Gasteiger partial charge in [0.25, 0.3) is 0 Å². The molecule has 1 unspecified atom stereocenters. The minimum Gasteiger partial charge on any atom is -0.399 e. The summed E-state index contributed by atoms with van der Waals surface area (Å²) in [5.74, 6) is -0.516. The molecule has 0 amide bonds. The lowest BCUT2D eigenvalue weighted by atomic mass is 9.80. The first-order valence-corrected chi connectivity index (χ1v) is 7.49. The summed E-state index contributed by atoms with van der Waals surface area (Å²) in [6.45, 7) is 7.55. The molecule has 0 aliphatic carbocycles. The van der Waals surface area contributed by atoms with Gasteiger partial charge in [-0.2, -0.15) is 0 Å². The van der Waals surface area contributed by atoms with Crippen LogP contribution in [-0.2, 0) is 14.1 Å². The second kappa shape index (κ2) is 5.56. The Morgan fingerprint density at radius 1 is 1.30 bits per heavy atom. The van der Waals surface area contributed by atoms with Crippen molar-refractivity contribution in [3.63, 3.8) is 0 Å². The van der Waals surface area contributed by atoms with E-state index in [-0.39, 0.29) is 12.3 Å². The van der Waals surface area contributed by atoms with Crippen molar-refractivity contribution in [2.45, 2.75) is 45.0 Å². The Morgan fingerprint density at radius 3 is 2.48 bits per heavy atom. The van der Waals surface area contributed by atoms with Crippen molar-refractivity contribution in [2.75, 3.05) is 6.61 Å². The molecule has 3 rings (SSSR count). The molecule has 6 nitrogen and oxygen atoms in total. The lowest BCUT2D eigenvalue weighted by molar-refractivity contribution is 0.00578. The van der Waals surface area contributed by atoms with Crippen molar-refractivity contribution in [3.05, 3.63) is 29.9 Å². The smallest absolute Gasteiger partial charge is 0.399 e. The first kappa shape index (κ1) is 16.4. The van der Waals surface area contributed by atoms with E-state index in [4.69, 9.17) is 19.3 Å². The molecule has 1 saturated heterocycles. The van der Waals surface area contributed by atoms with Gasteiger partial charge in [-0.1, -0.05) is 0 Å². The lowest BCUT2D eigenvalue weighted by Gasteiger charge is -2.32. The molecule has 2 aliphatic rings. The first-order valence-electron chi connectivity index (χ1n) is 7.49. The predicted molar refractivity (Wildman–Crippen MR) is 83.0 cm³/mol. The fourth-order valence-corrected chi connectivity index (χ4v) is 2.37. The summed E-state index contributed by atoms with van der Waals surface area (Å²) >= 11 is 0. The topological polar surface area (TPSA) is 72.8 Å². The standard InChI is InChI=1S/C15H20BFN2O4/c1-14(2)15(3,4)23-16(22-14)9-5-11(17)13(18-7-9)12-6-10(8-20)21-19-12/h5-7,10,19-20H,8H2,1-4H3. The van der Waals surface area contributed by atoms with Crippen LogP contribution in [0.5, 0.6) is 0 Å². The molecule has 1 aromatic heterocycles. The number of hydrogen-bond acceptors (Lipinski definition) is 6. The zero-order valence-corrected chi connectivity index (χ0v) is 13.6. The van der Waals surface area contributed by atoms with E-state index in [0.29, 0.717) is 11.2 Å². The SMILES string of the molecule is CC1(C)OB(c2cnc(C3=CC(CO)ON3)c(F)c2)OC1(C)C. The van der Waals surface area contributed by atoms with Gasteiger partial charge in [0, 0.05) is 11.7 Å². The second-order valence-corrected chi connectivity index (χ2v) is 6.71. The van der Waals surface area contributed by atoms with Crippen molar-refractivity contribution < 1.29 is 23.6 Å². The maximum absolute atomic E-state index is 14.4.